The van der Waals surface area contributed by atoms with E-state index < -0.39 is 0 Å². The van der Waals surface area contributed by atoms with Crippen molar-refractivity contribution >= 4 is 41.0 Å². The lowest BCUT2D eigenvalue weighted by atomic mass is 9.91. The van der Waals surface area contributed by atoms with Crippen LogP contribution in [0.4, 0.5) is 0 Å². The third-order valence-corrected chi connectivity index (χ3v) is 6.92. The molecule has 6 heteroatoms. The molecule has 1 saturated heterocycles. The Morgan fingerprint density at radius 1 is 1.17 bits per heavy atom. The minimum absolute atomic E-state index is 0. The van der Waals surface area contributed by atoms with Gasteiger partial charge in [0.15, 0.2) is 0 Å². The van der Waals surface area contributed by atoms with Crippen molar-refractivity contribution in [3.8, 4) is 0 Å². The molecule has 3 heterocycles. The Morgan fingerprint density at radius 3 is 2.30 bits per heavy atom. The van der Waals surface area contributed by atoms with Crippen molar-refractivity contribution < 1.29 is 4.79 Å². The van der Waals surface area contributed by atoms with Gasteiger partial charge in [0.05, 0.1) is 6.04 Å². The summed E-state index contributed by atoms with van der Waals surface area (Å²) >= 11 is 3.42. The summed E-state index contributed by atoms with van der Waals surface area (Å²) in [6.45, 7) is 2.12. The third kappa shape index (κ3) is 3.33. The number of halogens is 1. The van der Waals surface area contributed by atoms with Crippen LogP contribution in [0.5, 0.6) is 0 Å². The molecule has 2 N–H and O–H groups in total. The second kappa shape index (κ2) is 6.93. The highest BCUT2D eigenvalue weighted by atomic mass is 35.5. The van der Waals surface area contributed by atoms with Crippen LogP contribution < -0.4 is 10.6 Å². The van der Waals surface area contributed by atoms with Gasteiger partial charge in [-0.25, -0.2) is 0 Å². The Kier molecular flexibility index (Phi) is 5.11. The first kappa shape index (κ1) is 17.0. The zero-order valence-electron chi connectivity index (χ0n) is 12.8. The Bertz CT molecular complexity index is 601. The normalized spacial score (nSPS) is 21.9. The Balaban J connectivity index is 0.00000156. The number of amides is 1. The fourth-order valence-corrected chi connectivity index (χ4v) is 5.29. The second-order valence-corrected chi connectivity index (χ2v) is 8.30. The third-order valence-electron chi connectivity index (χ3n) is 5.05. The number of carbonyl (C=O) groups excluding carboxylic acids is 1. The topological polar surface area (TPSA) is 41.1 Å². The molecule has 1 amide bonds. The highest BCUT2D eigenvalue weighted by Crippen LogP contribution is 2.58. The van der Waals surface area contributed by atoms with E-state index in [1.165, 1.54) is 9.75 Å². The Labute approximate surface area is 150 Å². The summed E-state index contributed by atoms with van der Waals surface area (Å²) in [5, 5.41) is 10.9. The van der Waals surface area contributed by atoms with Gasteiger partial charge in [-0.1, -0.05) is 12.1 Å². The maximum atomic E-state index is 12.8. The minimum Gasteiger partial charge on any atom is -0.343 e. The lowest BCUT2D eigenvalue weighted by Crippen LogP contribution is -2.35. The summed E-state index contributed by atoms with van der Waals surface area (Å²) in [5.41, 5.74) is 0.296. The van der Waals surface area contributed by atoms with Crippen molar-refractivity contribution in [3.05, 3.63) is 44.8 Å². The van der Waals surface area contributed by atoms with Crippen LogP contribution in [0.3, 0.4) is 0 Å². The number of hydrogen-bond donors (Lipinski definition) is 2. The molecule has 2 aromatic rings. The van der Waals surface area contributed by atoms with Gasteiger partial charge < -0.3 is 10.6 Å². The predicted octanol–water partition coefficient (Wildman–Crippen LogP) is 3.83. The fraction of sp³-hybridized carbons (Fsp3) is 0.471. The first-order chi connectivity index (χ1) is 10.8. The molecule has 1 atom stereocenters. The highest BCUT2D eigenvalue weighted by molar-refractivity contribution is 7.11. The molecule has 2 aromatic heterocycles. The van der Waals surface area contributed by atoms with Crippen LogP contribution in [-0.4, -0.2) is 19.0 Å². The number of nitrogens with one attached hydrogen (secondary N) is 2. The largest absolute Gasteiger partial charge is 0.343 e. The van der Waals surface area contributed by atoms with E-state index in [-0.39, 0.29) is 30.3 Å². The zero-order valence-corrected chi connectivity index (χ0v) is 15.2. The van der Waals surface area contributed by atoms with Crippen molar-refractivity contribution in [2.24, 2.45) is 11.3 Å². The van der Waals surface area contributed by atoms with E-state index in [1.54, 1.807) is 22.7 Å². The van der Waals surface area contributed by atoms with Crippen molar-refractivity contribution in [2.75, 3.05) is 13.1 Å². The van der Waals surface area contributed by atoms with Gasteiger partial charge in [-0.15, -0.1) is 35.1 Å². The minimum atomic E-state index is 0. The van der Waals surface area contributed by atoms with E-state index in [0.29, 0.717) is 5.41 Å². The van der Waals surface area contributed by atoms with Crippen molar-refractivity contribution in [1.29, 1.82) is 0 Å². The van der Waals surface area contributed by atoms with Gasteiger partial charge in [0.1, 0.15) is 0 Å². The maximum absolute atomic E-state index is 12.8. The average molecular weight is 369 g/mol. The molecule has 1 aliphatic carbocycles. The molecule has 2 aliphatic rings. The van der Waals surface area contributed by atoms with E-state index in [9.17, 15) is 4.79 Å². The maximum Gasteiger partial charge on any atom is 0.224 e. The number of hydrogen-bond acceptors (Lipinski definition) is 4. The van der Waals surface area contributed by atoms with Gasteiger partial charge in [-0.2, -0.15) is 0 Å². The predicted molar refractivity (Wildman–Crippen MR) is 98.5 cm³/mol. The summed E-state index contributed by atoms with van der Waals surface area (Å²) in [7, 11) is 0. The molecule has 1 aliphatic heterocycles. The van der Waals surface area contributed by atoms with Crippen LogP contribution in [-0.2, 0) is 4.79 Å². The number of thiophene rings is 2. The molecule has 2 fully saturated rings. The smallest absolute Gasteiger partial charge is 0.224 e. The van der Waals surface area contributed by atoms with Gasteiger partial charge in [0.25, 0.3) is 0 Å². The molecule has 1 spiro atoms. The van der Waals surface area contributed by atoms with Crippen LogP contribution in [0.2, 0.25) is 0 Å². The van der Waals surface area contributed by atoms with Crippen molar-refractivity contribution in [3.63, 3.8) is 0 Å². The first-order valence-electron chi connectivity index (χ1n) is 7.86. The molecule has 1 unspecified atom stereocenters. The molecular formula is C17H21ClN2OS2. The van der Waals surface area contributed by atoms with E-state index in [2.05, 4.69) is 45.7 Å². The summed E-state index contributed by atoms with van der Waals surface area (Å²) in [5.74, 6) is 0.464. The summed E-state index contributed by atoms with van der Waals surface area (Å²) in [4.78, 5) is 15.2. The number of rotatable bonds is 4. The summed E-state index contributed by atoms with van der Waals surface area (Å²) < 4.78 is 0. The summed E-state index contributed by atoms with van der Waals surface area (Å²) in [6, 6.07) is 8.35. The number of piperidine rings is 1. The molecule has 4 rings (SSSR count). The molecule has 124 valence electrons. The monoisotopic (exact) mass is 368 g/mol. The molecule has 0 bridgehead atoms. The average Bonchev–Trinajstić information content (AvgIpc) is 3.01. The number of carbonyl (C=O) groups is 1. The SMILES string of the molecule is Cl.O=C(NC(c1cccs1)c1cccs1)C1CC12CCNCC2. The zero-order chi connectivity index (χ0) is 15.0. The van der Waals surface area contributed by atoms with E-state index in [1.807, 2.05) is 0 Å². The van der Waals surface area contributed by atoms with Gasteiger partial charge in [-0.05, 0) is 60.7 Å². The fourth-order valence-electron chi connectivity index (χ4n) is 3.63. The van der Waals surface area contributed by atoms with E-state index in [4.69, 9.17) is 0 Å². The van der Waals surface area contributed by atoms with Crippen LogP contribution in [0, 0.1) is 11.3 Å². The van der Waals surface area contributed by atoms with Gasteiger partial charge in [0, 0.05) is 15.7 Å². The molecule has 1 saturated carbocycles. The lowest BCUT2D eigenvalue weighted by Gasteiger charge is -2.24. The van der Waals surface area contributed by atoms with Crippen LogP contribution in [0.15, 0.2) is 35.0 Å². The molecule has 23 heavy (non-hydrogen) atoms. The molecule has 3 nitrogen and oxygen atoms in total. The highest BCUT2D eigenvalue weighted by Gasteiger charge is 2.57. The van der Waals surface area contributed by atoms with E-state index in [0.717, 1.165) is 32.4 Å². The molecule has 0 aromatic carbocycles. The quantitative estimate of drug-likeness (QED) is 0.861. The molecular weight excluding hydrogens is 348 g/mol. The molecule has 0 radical (unpaired) electrons. The van der Waals surface area contributed by atoms with Crippen molar-refractivity contribution in [2.45, 2.75) is 25.3 Å². The Morgan fingerprint density at radius 2 is 1.78 bits per heavy atom. The standard InChI is InChI=1S/C17H20N2OS2.ClH/c20-16(12-11-17(12)5-7-18-8-6-17)19-15(13-3-1-9-21-13)14-4-2-10-22-14;/h1-4,9-10,12,15,18H,5-8,11H2,(H,19,20);1H. The van der Waals surface area contributed by atoms with Crippen LogP contribution >= 0.6 is 35.1 Å². The summed E-state index contributed by atoms with van der Waals surface area (Å²) in [6.07, 6.45) is 3.36. The Hall–Kier alpha value is -0.880. The lowest BCUT2D eigenvalue weighted by molar-refractivity contribution is -0.123. The van der Waals surface area contributed by atoms with Gasteiger partial charge >= 0.3 is 0 Å². The van der Waals surface area contributed by atoms with Crippen LogP contribution in [0.1, 0.15) is 35.1 Å². The van der Waals surface area contributed by atoms with E-state index >= 15 is 0 Å². The van der Waals surface area contributed by atoms with Crippen LogP contribution in [0.25, 0.3) is 0 Å². The van der Waals surface area contributed by atoms with Gasteiger partial charge in [0.2, 0.25) is 5.91 Å². The first-order valence-corrected chi connectivity index (χ1v) is 9.62. The second-order valence-electron chi connectivity index (χ2n) is 6.34. The van der Waals surface area contributed by atoms with Gasteiger partial charge in [-0.3, -0.25) is 4.79 Å². The van der Waals surface area contributed by atoms with Crippen molar-refractivity contribution in [1.82, 2.24) is 10.6 Å².